The standard InChI is InChI=1S/C23H24N4O2/c1-29-15-13-24-23(28)19-16-21(26-22(25-19)18-9-3-2-4-10-18)27-14-7-11-17-8-5-6-12-20(17)27/h2-6,8-10,12,16H,7,11,13-15H2,1H3,(H,24,28). The molecule has 6 heteroatoms. The topological polar surface area (TPSA) is 67.3 Å². The Morgan fingerprint density at radius 1 is 1.10 bits per heavy atom. The molecule has 4 rings (SSSR count). The molecule has 1 amide bonds. The van der Waals surface area contributed by atoms with Crippen LogP contribution in [0.25, 0.3) is 11.4 Å². The monoisotopic (exact) mass is 388 g/mol. The van der Waals surface area contributed by atoms with Gasteiger partial charge in [0, 0.05) is 37.5 Å². The summed E-state index contributed by atoms with van der Waals surface area (Å²) in [5, 5.41) is 2.86. The van der Waals surface area contributed by atoms with Gasteiger partial charge in [0.05, 0.1) is 6.61 Å². The Kier molecular flexibility index (Phi) is 5.81. The number of methoxy groups -OCH3 is 1. The summed E-state index contributed by atoms with van der Waals surface area (Å²) >= 11 is 0. The minimum absolute atomic E-state index is 0.229. The van der Waals surface area contributed by atoms with Gasteiger partial charge in [0.25, 0.3) is 5.91 Å². The molecular formula is C23H24N4O2. The number of hydrogen-bond acceptors (Lipinski definition) is 5. The zero-order valence-electron chi connectivity index (χ0n) is 16.5. The van der Waals surface area contributed by atoms with Gasteiger partial charge in [-0.15, -0.1) is 0 Å². The first-order valence-corrected chi connectivity index (χ1v) is 9.83. The highest BCUT2D eigenvalue weighted by Crippen LogP contribution is 2.33. The van der Waals surface area contributed by atoms with Crippen molar-refractivity contribution >= 4 is 17.4 Å². The number of para-hydroxylation sites is 1. The zero-order valence-corrected chi connectivity index (χ0v) is 16.5. The van der Waals surface area contributed by atoms with Crippen molar-refractivity contribution in [1.82, 2.24) is 15.3 Å². The molecule has 2 heterocycles. The Hall–Kier alpha value is -3.25. The summed E-state index contributed by atoms with van der Waals surface area (Å²) in [5.41, 5.74) is 3.67. The van der Waals surface area contributed by atoms with Crippen LogP contribution in [-0.4, -0.2) is 42.7 Å². The van der Waals surface area contributed by atoms with E-state index < -0.39 is 0 Å². The van der Waals surface area contributed by atoms with Gasteiger partial charge in [0.1, 0.15) is 11.5 Å². The number of amides is 1. The summed E-state index contributed by atoms with van der Waals surface area (Å²) in [6.07, 6.45) is 2.09. The van der Waals surface area contributed by atoms with E-state index in [2.05, 4.69) is 33.4 Å². The summed E-state index contributed by atoms with van der Waals surface area (Å²) < 4.78 is 5.02. The molecule has 29 heavy (non-hydrogen) atoms. The predicted molar refractivity (Wildman–Crippen MR) is 113 cm³/mol. The summed E-state index contributed by atoms with van der Waals surface area (Å²) in [6, 6.07) is 19.9. The Morgan fingerprint density at radius 2 is 1.90 bits per heavy atom. The number of anilines is 2. The Labute approximate surface area is 170 Å². The van der Waals surface area contributed by atoms with E-state index in [1.54, 1.807) is 13.2 Å². The van der Waals surface area contributed by atoms with E-state index in [-0.39, 0.29) is 5.91 Å². The van der Waals surface area contributed by atoms with E-state index in [1.807, 2.05) is 36.4 Å². The van der Waals surface area contributed by atoms with Crippen molar-refractivity contribution < 1.29 is 9.53 Å². The number of fused-ring (bicyclic) bond motifs is 1. The second-order valence-electron chi connectivity index (χ2n) is 6.93. The van der Waals surface area contributed by atoms with Crippen molar-refractivity contribution in [3.05, 3.63) is 71.9 Å². The number of aryl methyl sites for hydroxylation is 1. The largest absolute Gasteiger partial charge is 0.383 e. The van der Waals surface area contributed by atoms with Gasteiger partial charge >= 0.3 is 0 Å². The lowest BCUT2D eigenvalue weighted by atomic mass is 10.0. The smallest absolute Gasteiger partial charge is 0.270 e. The van der Waals surface area contributed by atoms with Gasteiger partial charge in [0.15, 0.2) is 5.82 Å². The maximum atomic E-state index is 12.7. The van der Waals surface area contributed by atoms with Gasteiger partial charge in [0.2, 0.25) is 0 Å². The van der Waals surface area contributed by atoms with Crippen LogP contribution in [-0.2, 0) is 11.2 Å². The number of carbonyl (C=O) groups excluding carboxylic acids is 1. The van der Waals surface area contributed by atoms with Crippen LogP contribution in [0, 0.1) is 0 Å². The van der Waals surface area contributed by atoms with Gasteiger partial charge < -0.3 is 15.0 Å². The number of hydrogen-bond donors (Lipinski definition) is 1. The average molecular weight is 388 g/mol. The maximum Gasteiger partial charge on any atom is 0.270 e. The molecule has 0 unspecified atom stereocenters. The van der Waals surface area contributed by atoms with Gasteiger partial charge in [-0.3, -0.25) is 4.79 Å². The number of rotatable bonds is 6. The Morgan fingerprint density at radius 3 is 2.72 bits per heavy atom. The first-order valence-electron chi connectivity index (χ1n) is 9.83. The quantitative estimate of drug-likeness (QED) is 0.654. The van der Waals surface area contributed by atoms with Crippen molar-refractivity contribution in [2.45, 2.75) is 12.8 Å². The van der Waals surface area contributed by atoms with E-state index in [0.717, 1.165) is 36.5 Å². The first-order chi connectivity index (χ1) is 14.3. The molecule has 0 spiro atoms. The van der Waals surface area contributed by atoms with E-state index in [9.17, 15) is 4.79 Å². The first kappa shape index (κ1) is 19.1. The molecule has 6 nitrogen and oxygen atoms in total. The molecule has 0 saturated carbocycles. The molecule has 1 aliphatic rings. The molecule has 0 saturated heterocycles. The molecule has 1 N–H and O–H groups in total. The normalized spacial score (nSPS) is 13.1. The maximum absolute atomic E-state index is 12.7. The Bertz CT molecular complexity index is 991. The van der Waals surface area contributed by atoms with Crippen LogP contribution in [0.3, 0.4) is 0 Å². The number of nitrogens with one attached hydrogen (secondary N) is 1. The molecule has 0 radical (unpaired) electrons. The molecule has 1 aliphatic heterocycles. The molecule has 0 bridgehead atoms. The second kappa shape index (κ2) is 8.84. The van der Waals surface area contributed by atoms with Gasteiger partial charge in [-0.05, 0) is 24.5 Å². The third-order valence-electron chi connectivity index (χ3n) is 4.96. The lowest BCUT2D eigenvalue weighted by molar-refractivity contribution is 0.0932. The highest BCUT2D eigenvalue weighted by atomic mass is 16.5. The van der Waals surface area contributed by atoms with E-state index in [1.165, 1.54) is 5.56 Å². The molecule has 3 aromatic rings. The number of nitrogens with zero attached hydrogens (tertiary/aromatic N) is 3. The highest BCUT2D eigenvalue weighted by molar-refractivity contribution is 5.93. The second-order valence-corrected chi connectivity index (χ2v) is 6.93. The number of benzene rings is 2. The molecule has 2 aromatic carbocycles. The van der Waals surface area contributed by atoms with E-state index in [0.29, 0.717) is 24.7 Å². The van der Waals surface area contributed by atoms with Crippen LogP contribution < -0.4 is 10.2 Å². The fourth-order valence-electron chi connectivity index (χ4n) is 3.53. The van der Waals surface area contributed by atoms with Crippen LogP contribution in [0.5, 0.6) is 0 Å². The summed E-state index contributed by atoms with van der Waals surface area (Å²) in [7, 11) is 1.61. The number of carbonyl (C=O) groups is 1. The minimum atomic E-state index is -0.229. The van der Waals surface area contributed by atoms with Crippen LogP contribution >= 0.6 is 0 Å². The molecule has 1 aromatic heterocycles. The van der Waals surface area contributed by atoms with Crippen LogP contribution in [0.2, 0.25) is 0 Å². The summed E-state index contributed by atoms with van der Waals surface area (Å²) in [4.78, 5) is 24.2. The van der Waals surface area contributed by atoms with Crippen LogP contribution in [0.15, 0.2) is 60.7 Å². The third kappa shape index (κ3) is 4.27. The SMILES string of the molecule is COCCNC(=O)c1cc(N2CCCc3ccccc32)nc(-c2ccccc2)n1. The van der Waals surface area contributed by atoms with Gasteiger partial charge in [-0.1, -0.05) is 48.5 Å². The number of aromatic nitrogens is 2. The molecule has 148 valence electrons. The third-order valence-corrected chi connectivity index (χ3v) is 4.96. The summed E-state index contributed by atoms with van der Waals surface area (Å²) in [5.74, 6) is 1.05. The van der Waals surface area contributed by atoms with Crippen molar-refractivity contribution in [1.29, 1.82) is 0 Å². The molecule has 0 atom stereocenters. The van der Waals surface area contributed by atoms with Gasteiger partial charge in [-0.2, -0.15) is 0 Å². The lowest BCUT2D eigenvalue weighted by Crippen LogP contribution is -2.29. The van der Waals surface area contributed by atoms with E-state index in [4.69, 9.17) is 9.72 Å². The lowest BCUT2D eigenvalue weighted by Gasteiger charge is -2.30. The van der Waals surface area contributed by atoms with Crippen molar-refractivity contribution in [3.63, 3.8) is 0 Å². The summed E-state index contributed by atoms with van der Waals surface area (Å²) in [6.45, 7) is 1.74. The average Bonchev–Trinajstić information content (AvgIpc) is 2.79. The van der Waals surface area contributed by atoms with Gasteiger partial charge in [-0.25, -0.2) is 9.97 Å². The molecular weight excluding hydrogens is 364 g/mol. The molecule has 0 fully saturated rings. The van der Waals surface area contributed by atoms with E-state index >= 15 is 0 Å². The van der Waals surface area contributed by atoms with Crippen LogP contribution in [0.1, 0.15) is 22.5 Å². The van der Waals surface area contributed by atoms with Crippen molar-refractivity contribution in [2.75, 3.05) is 31.7 Å². The molecule has 0 aliphatic carbocycles. The fraction of sp³-hybridized carbons (Fsp3) is 0.261. The van der Waals surface area contributed by atoms with Crippen LogP contribution in [0.4, 0.5) is 11.5 Å². The Balaban J connectivity index is 1.75. The predicted octanol–water partition coefficient (Wildman–Crippen LogP) is 3.60. The highest BCUT2D eigenvalue weighted by Gasteiger charge is 2.22. The van der Waals surface area contributed by atoms with Crippen molar-refractivity contribution in [2.24, 2.45) is 0 Å². The van der Waals surface area contributed by atoms with Crippen molar-refractivity contribution in [3.8, 4) is 11.4 Å². The number of ether oxygens (including phenoxy) is 1. The zero-order chi connectivity index (χ0) is 20.1. The minimum Gasteiger partial charge on any atom is -0.383 e. The fourth-order valence-corrected chi connectivity index (χ4v) is 3.53.